The summed E-state index contributed by atoms with van der Waals surface area (Å²) in [5.74, 6) is 5.80. The number of hydrogen-bond donors (Lipinski definition) is 2. The summed E-state index contributed by atoms with van der Waals surface area (Å²) in [5, 5.41) is 0. The van der Waals surface area contributed by atoms with E-state index in [0.29, 0.717) is 6.04 Å². The van der Waals surface area contributed by atoms with Crippen molar-refractivity contribution in [3.63, 3.8) is 0 Å². The zero-order chi connectivity index (χ0) is 14.7. The van der Waals surface area contributed by atoms with Gasteiger partial charge in [-0.1, -0.05) is 6.92 Å². The molecule has 1 saturated heterocycles. The van der Waals surface area contributed by atoms with E-state index < -0.39 is 0 Å². The molecule has 0 aliphatic carbocycles. The number of hydrazine groups is 1. The highest BCUT2D eigenvalue weighted by atomic mass is 16.4. The number of aryl methyl sites for hydroxylation is 1. The van der Waals surface area contributed by atoms with Gasteiger partial charge in [0.1, 0.15) is 5.76 Å². The Morgan fingerprint density at radius 1 is 1.55 bits per heavy atom. The summed E-state index contributed by atoms with van der Waals surface area (Å²) < 4.78 is 5.45. The summed E-state index contributed by atoms with van der Waals surface area (Å²) in [6.07, 6.45) is 0. The number of nitrogens with zero attached hydrogens (tertiary/aromatic N) is 2. The molecule has 1 aliphatic rings. The molecule has 1 aliphatic heterocycles. The molecule has 1 unspecified atom stereocenters. The van der Waals surface area contributed by atoms with Crippen LogP contribution in [0.5, 0.6) is 0 Å². The number of furan rings is 1. The molecule has 1 amide bonds. The Balaban J connectivity index is 2.00. The number of nitrogen functional groups attached to an aromatic ring is 1. The number of carbonyl (C=O) groups excluding carboxylic acids is 1. The zero-order valence-electron chi connectivity index (χ0n) is 12.5. The van der Waals surface area contributed by atoms with Crippen LogP contribution in [0, 0.1) is 6.92 Å². The van der Waals surface area contributed by atoms with Crippen LogP contribution in [-0.4, -0.2) is 47.9 Å². The molecule has 20 heavy (non-hydrogen) atoms. The maximum atomic E-state index is 11.5. The Hall–Kier alpha value is -1.37. The Kier molecular flexibility index (Phi) is 4.80. The van der Waals surface area contributed by atoms with Crippen LogP contribution in [-0.2, 0) is 6.54 Å². The van der Waals surface area contributed by atoms with Crippen molar-refractivity contribution in [2.24, 2.45) is 5.84 Å². The van der Waals surface area contributed by atoms with Crippen LogP contribution in [0.15, 0.2) is 10.5 Å². The number of likely N-dealkylation sites (N-methyl/N-ethyl adjacent to an activating group) is 1. The van der Waals surface area contributed by atoms with Crippen molar-refractivity contribution < 1.29 is 9.21 Å². The van der Waals surface area contributed by atoms with Crippen molar-refractivity contribution in [1.29, 1.82) is 0 Å². The first-order chi connectivity index (χ1) is 9.55. The second kappa shape index (κ2) is 6.39. The van der Waals surface area contributed by atoms with Gasteiger partial charge in [0.05, 0.1) is 0 Å². The summed E-state index contributed by atoms with van der Waals surface area (Å²) >= 11 is 0. The Labute approximate surface area is 119 Å². The lowest BCUT2D eigenvalue weighted by Gasteiger charge is -2.39. The standard InChI is InChI=1S/C14H24N4O2/c1-4-18-6-5-17(8-10(18)2)9-12-7-13(14(19)16-15)20-11(12)3/h7,10H,4-6,8-9,15H2,1-3H3,(H,16,19). The molecule has 0 aromatic carbocycles. The normalized spacial score (nSPS) is 21.1. The zero-order valence-corrected chi connectivity index (χ0v) is 12.5. The molecule has 3 N–H and O–H groups in total. The van der Waals surface area contributed by atoms with Crippen LogP contribution in [0.3, 0.4) is 0 Å². The highest BCUT2D eigenvalue weighted by molar-refractivity contribution is 5.91. The van der Waals surface area contributed by atoms with E-state index in [1.807, 2.05) is 6.92 Å². The molecule has 1 fully saturated rings. The molecule has 6 nitrogen and oxygen atoms in total. The molecule has 1 atom stereocenters. The van der Waals surface area contributed by atoms with E-state index in [1.54, 1.807) is 6.07 Å². The summed E-state index contributed by atoms with van der Waals surface area (Å²) in [7, 11) is 0. The summed E-state index contributed by atoms with van der Waals surface area (Å²) in [6.45, 7) is 11.4. The third-order valence-corrected chi connectivity index (χ3v) is 4.02. The molecule has 1 aromatic rings. The van der Waals surface area contributed by atoms with E-state index in [2.05, 4.69) is 29.1 Å². The number of nitrogens with one attached hydrogen (secondary N) is 1. The first-order valence-corrected chi connectivity index (χ1v) is 7.11. The minimum atomic E-state index is -0.386. The van der Waals surface area contributed by atoms with Crippen LogP contribution < -0.4 is 11.3 Å². The van der Waals surface area contributed by atoms with Gasteiger partial charge >= 0.3 is 5.91 Å². The average molecular weight is 280 g/mol. The monoisotopic (exact) mass is 280 g/mol. The Morgan fingerprint density at radius 3 is 2.90 bits per heavy atom. The first kappa shape index (κ1) is 15.0. The highest BCUT2D eigenvalue weighted by Gasteiger charge is 2.23. The van der Waals surface area contributed by atoms with Gasteiger partial charge in [-0.05, 0) is 26.5 Å². The van der Waals surface area contributed by atoms with E-state index in [4.69, 9.17) is 10.3 Å². The minimum absolute atomic E-state index is 0.278. The summed E-state index contributed by atoms with van der Waals surface area (Å²) in [5.41, 5.74) is 3.15. The lowest BCUT2D eigenvalue weighted by molar-refractivity contribution is 0.0831. The van der Waals surface area contributed by atoms with Gasteiger partial charge in [0.15, 0.2) is 5.76 Å². The lowest BCUT2D eigenvalue weighted by Crippen LogP contribution is -2.51. The Bertz CT molecular complexity index is 472. The van der Waals surface area contributed by atoms with Crippen molar-refractivity contribution in [2.45, 2.75) is 33.4 Å². The van der Waals surface area contributed by atoms with Gasteiger partial charge in [-0.15, -0.1) is 0 Å². The van der Waals surface area contributed by atoms with Gasteiger partial charge in [-0.3, -0.25) is 20.0 Å². The van der Waals surface area contributed by atoms with Gasteiger partial charge in [0.25, 0.3) is 0 Å². The molecular weight excluding hydrogens is 256 g/mol. The highest BCUT2D eigenvalue weighted by Crippen LogP contribution is 2.19. The number of nitrogens with two attached hydrogens (primary N) is 1. The number of piperazine rings is 1. The van der Waals surface area contributed by atoms with Crippen molar-refractivity contribution >= 4 is 5.91 Å². The van der Waals surface area contributed by atoms with Crippen molar-refractivity contribution in [3.05, 3.63) is 23.2 Å². The predicted molar refractivity (Wildman–Crippen MR) is 77.1 cm³/mol. The van der Waals surface area contributed by atoms with Crippen LogP contribution >= 0.6 is 0 Å². The predicted octanol–water partition coefficient (Wildman–Crippen LogP) is 0.718. The second-order valence-corrected chi connectivity index (χ2v) is 5.38. The molecule has 2 heterocycles. The third-order valence-electron chi connectivity index (χ3n) is 4.02. The van der Waals surface area contributed by atoms with Crippen molar-refractivity contribution in [3.8, 4) is 0 Å². The fourth-order valence-electron chi connectivity index (χ4n) is 2.78. The first-order valence-electron chi connectivity index (χ1n) is 7.11. The van der Waals surface area contributed by atoms with E-state index >= 15 is 0 Å². The average Bonchev–Trinajstić information content (AvgIpc) is 2.79. The van der Waals surface area contributed by atoms with Gasteiger partial charge in [0.2, 0.25) is 0 Å². The molecule has 0 bridgehead atoms. The SMILES string of the molecule is CCN1CCN(Cc2cc(C(=O)NN)oc2C)CC1C. The molecule has 0 radical (unpaired) electrons. The van der Waals surface area contributed by atoms with Gasteiger partial charge in [-0.25, -0.2) is 5.84 Å². The van der Waals surface area contributed by atoms with Crippen molar-refractivity contribution in [2.75, 3.05) is 26.2 Å². The smallest absolute Gasteiger partial charge is 0.300 e. The lowest BCUT2D eigenvalue weighted by atomic mass is 10.1. The maximum absolute atomic E-state index is 11.5. The molecular formula is C14H24N4O2. The molecule has 1 aromatic heterocycles. The molecule has 112 valence electrons. The molecule has 0 spiro atoms. The molecule has 0 saturated carbocycles. The summed E-state index contributed by atoms with van der Waals surface area (Å²) in [4.78, 5) is 16.3. The van der Waals surface area contributed by atoms with Crippen molar-refractivity contribution in [1.82, 2.24) is 15.2 Å². The number of amides is 1. The van der Waals surface area contributed by atoms with E-state index in [9.17, 15) is 4.79 Å². The largest absolute Gasteiger partial charge is 0.456 e. The van der Waals surface area contributed by atoms with Crippen LogP contribution in [0.2, 0.25) is 0 Å². The maximum Gasteiger partial charge on any atom is 0.300 e. The van der Waals surface area contributed by atoms with Gasteiger partial charge in [-0.2, -0.15) is 0 Å². The Morgan fingerprint density at radius 2 is 2.30 bits per heavy atom. The van der Waals surface area contributed by atoms with E-state index in [0.717, 1.165) is 44.0 Å². The fourth-order valence-corrected chi connectivity index (χ4v) is 2.78. The summed E-state index contributed by atoms with van der Waals surface area (Å²) in [6, 6.07) is 2.35. The van der Waals surface area contributed by atoms with Crippen LogP contribution in [0.1, 0.15) is 35.7 Å². The van der Waals surface area contributed by atoms with Gasteiger partial charge < -0.3 is 4.42 Å². The van der Waals surface area contributed by atoms with E-state index in [-0.39, 0.29) is 11.7 Å². The quantitative estimate of drug-likeness (QED) is 0.483. The van der Waals surface area contributed by atoms with Crippen LogP contribution in [0.25, 0.3) is 0 Å². The fraction of sp³-hybridized carbons (Fsp3) is 0.643. The van der Waals surface area contributed by atoms with E-state index in [1.165, 1.54) is 0 Å². The number of hydrogen-bond acceptors (Lipinski definition) is 5. The molecule has 6 heteroatoms. The second-order valence-electron chi connectivity index (χ2n) is 5.38. The topological polar surface area (TPSA) is 74.7 Å². The molecule has 2 rings (SSSR count). The third kappa shape index (κ3) is 3.20. The minimum Gasteiger partial charge on any atom is -0.456 e. The number of carbonyl (C=O) groups is 1. The van der Waals surface area contributed by atoms with Gasteiger partial charge in [0, 0.05) is 37.8 Å². The van der Waals surface area contributed by atoms with Crippen LogP contribution in [0.4, 0.5) is 0 Å². The number of rotatable bonds is 4.